The van der Waals surface area contributed by atoms with Gasteiger partial charge in [0.25, 0.3) is 0 Å². The van der Waals surface area contributed by atoms with Crippen molar-refractivity contribution in [2.45, 2.75) is 32.4 Å². The number of methoxy groups -OCH3 is 1. The monoisotopic (exact) mass is 267 g/mol. The molecule has 3 rings (SSSR count). The standard InChI is InChI=1S/C18H21NO/c1-13-3-5-14(6-4-13)15-7-10-18(20-2)16(11-15)12-19-17-8-9-17/h3-7,10-11,17,19H,8-9,12H2,1-2H3. The van der Waals surface area contributed by atoms with Gasteiger partial charge >= 0.3 is 0 Å². The molecule has 0 heterocycles. The van der Waals surface area contributed by atoms with Gasteiger partial charge in [-0.15, -0.1) is 0 Å². The fourth-order valence-electron chi connectivity index (χ4n) is 2.38. The van der Waals surface area contributed by atoms with Crippen LogP contribution in [-0.2, 0) is 6.54 Å². The predicted molar refractivity (Wildman–Crippen MR) is 83.0 cm³/mol. The Labute approximate surface area is 120 Å². The summed E-state index contributed by atoms with van der Waals surface area (Å²) >= 11 is 0. The summed E-state index contributed by atoms with van der Waals surface area (Å²) in [6.07, 6.45) is 2.61. The van der Waals surface area contributed by atoms with E-state index in [-0.39, 0.29) is 0 Å². The second-order valence-corrected chi connectivity index (χ2v) is 5.55. The second kappa shape index (κ2) is 5.68. The molecule has 1 aliphatic rings. The predicted octanol–water partition coefficient (Wildman–Crippen LogP) is 3.92. The minimum Gasteiger partial charge on any atom is -0.496 e. The molecule has 20 heavy (non-hydrogen) atoms. The lowest BCUT2D eigenvalue weighted by atomic mass is 10.0. The summed E-state index contributed by atoms with van der Waals surface area (Å²) in [6.45, 7) is 3.00. The maximum atomic E-state index is 5.47. The topological polar surface area (TPSA) is 21.3 Å². The van der Waals surface area contributed by atoms with E-state index in [1.54, 1.807) is 7.11 Å². The highest BCUT2D eigenvalue weighted by Gasteiger charge is 2.20. The number of nitrogens with one attached hydrogen (secondary N) is 1. The van der Waals surface area contributed by atoms with Crippen molar-refractivity contribution in [3.05, 3.63) is 53.6 Å². The van der Waals surface area contributed by atoms with Gasteiger partial charge in [-0.3, -0.25) is 0 Å². The third-order valence-corrected chi connectivity index (χ3v) is 3.82. The molecular formula is C18H21NO. The summed E-state index contributed by atoms with van der Waals surface area (Å²) < 4.78 is 5.47. The molecule has 2 nitrogen and oxygen atoms in total. The Morgan fingerprint density at radius 2 is 1.75 bits per heavy atom. The highest BCUT2D eigenvalue weighted by atomic mass is 16.5. The molecule has 1 fully saturated rings. The van der Waals surface area contributed by atoms with E-state index in [2.05, 4.69) is 54.7 Å². The van der Waals surface area contributed by atoms with Gasteiger partial charge in [-0.1, -0.05) is 35.9 Å². The summed E-state index contributed by atoms with van der Waals surface area (Å²) in [5.41, 5.74) is 5.03. The van der Waals surface area contributed by atoms with Crippen LogP contribution in [0.2, 0.25) is 0 Å². The molecule has 1 aliphatic carbocycles. The zero-order chi connectivity index (χ0) is 13.9. The lowest BCUT2D eigenvalue weighted by Gasteiger charge is -2.12. The Kier molecular flexibility index (Phi) is 3.75. The van der Waals surface area contributed by atoms with Crippen molar-refractivity contribution in [3.63, 3.8) is 0 Å². The van der Waals surface area contributed by atoms with Crippen LogP contribution in [0.15, 0.2) is 42.5 Å². The van der Waals surface area contributed by atoms with Crippen molar-refractivity contribution in [1.29, 1.82) is 0 Å². The van der Waals surface area contributed by atoms with E-state index in [4.69, 9.17) is 4.74 Å². The summed E-state index contributed by atoms with van der Waals surface area (Å²) in [6, 6.07) is 15.8. The Hall–Kier alpha value is -1.80. The summed E-state index contributed by atoms with van der Waals surface area (Å²) in [4.78, 5) is 0. The lowest BCUT2D eigenvalue weighted by Crippen LogP contribution is -2.15. The molecular weight excluding hydrogens is 246 g/mol. The summed E-state index contributed by atoms with van der Waals surface area (Å²) in [5, 5.41) is 3.56. The molecule has 0 amide bonds. The van der Waals surface area contributed by atoms with Crippen LogP contribution < -0.4 is 10.1 Å². The SMILES string of the molecule is COc1ccc(-c2ccc(C)cc2)cc1CNC1CC1. The highest BCUT2D eigenvalue weighted by molar-refractivity contribution is 5.66. The first-order chi connectivity index (χ1) is 9.76. The van der Waals surface area contributed by atoms with Gasteiger partial charge in [-0.2, -0.15) is 0 Å². The van der Waals surface area contributed by atoms with E-state index in [1.807, 2.05) is 0 Å². The molecule has 0 spiro atoms. The minimum atomic E-state index is 0.711. The average molecular weight is 267 g/mol. The molecule has 0 saturated heterocycles. The van der Waals surface area contributed by atoms with Gasteiger partial charge in [-0.05, 0) is 43.0 Å². The molecule has 0 aliphatic heterocycles. The summed E-state index contributed by atoms with van der Waals surface area (Å²) in [5.74, 6) is 0.967. The van der Waals surface area contributed by atoms with E-state index < -0.39 is 0 Å². The number of hydrogen-bond acceptors (Lipinski definition) is 2. The lowest BCUT2D eigenvalue weighted by molar-refractivity contribution is 0.407. The normalized spacial score (nSPS) is 14.3. The Balaban J connectivity index is 1.87. The molecule has 2 aromatic rings. The Morgan fingerprint density at radius 1 is 1.05 bits per heavy atom. The van der Waals surface area contributed by atoms with Gasteiger partial charge in [-0.25, -0.2) is 0 Å². The quantitative estimate of drug-likeness (QED) is 0.886. The van der Waals surface area contributed by atoms with Crippen molar-refractivity contribution in [1.82, 2.24) is 5.32 Å². The van der Waals surface area contributed by atoms with Gasteiger partial charge in [0, 0.05) is 18.2 Å². The third-order valence-electron chi connectivity index (χ3n) is 3.82. The van der Waals surface area contributed by atoms with Crippen molar-refractivity contribution in [2.24, 2.45) is 0 Å². The smallest absolute Gasteiger partial charge is 0.123 e. The minimum absolute atomic E-state index is 0.711. The van der Waals surface area contributed by atoms with E-state index in [9.17, 15) is 0 Å². The van der Waals surface area contributed by atoms with E-state index in [0.29, 0.717) is 6.04 Å². The number of aryl methyl sites for hydroxylation is 1. The number of ether oxygens (including phenoxy) is 1. The second-order valence-electron chi connectivity index (χ2n) is 5.55. The molecule has 104 valence electrons. The number of benzene rings is 2. The molecule has 1 saturated carbocycles. The first-order valence-electron chi connectivity index (χ1n) is 7.23. The van der Waals surface area contributed by atoms with Gasteiger partial charge in [0.1, 0.15) is 5.75 Å². The molecule has 1 N–H and O–H groups in total. The van der Waals surface area contributed by atoms with Crippen LogP contribution in [0.4, 0.5) is 0 Å². The van der Waals surface area contributed by atoms with Crippen molar-refractivity contribution in [2.75, 3.05) is 7.11 Å². The van der Waals surface area contributed by atoms with Gasteiger partial charge in [0.2, 0.25) is 0 Å². The average Bonchev–Trinajstić information content (AvgIpc) is 3.30. The first kappa shape index (κ1) is 13.2. The maximum absolute atomic E-state index is 5.47. The van der Waals surface area contributed by atoms with E-state index in [0.717, 1.165) is 12.3 Å². The van der Waals surface area contributed by atoms with Gasteiger partial charge < -0.3 is 10.1 Å². The van der Waals surface area contributed by atoms with Crippen molar-refractivity contribution in [3.8, 4) is 16.9 Å². The van der Waals surface area contributed by atoms with Gasteiger partial charge in [0.15, 0.2) is 0 Å². The van der Waals surface area contributed by atoms with Crippen LogP contribution in [0.1, 0.15) is 24.0 Å². The van der Waals surface area contributed by atoms with Crippen molar-refractivity contribution < 1.29 is 4.74 Å². The first-order valence-corrected chi connectivity index (χ1v) is 7.23. The Morgan fingerprint density at radius 3 is 2.40 bits per heavy atom. The van der Waals surface area contributed by atoms with Crippen LogP contribution in [0.5, 0.6) is 5.75 Å². The zero-order valence-electron chi connectivity index (χ0n) is 12.1. The zero-order valence-corrected chi connectivity index (χ0v) is 12.1. The largest absolute Gasteiger partial charge is 0.496 e. The Bertz CT molecular complexity index is 585. The summed E-state index contributed by atoms with van der Waals surface area (Å²) in [7, 11) is 1.74. The molecule has 0 unspecified atom stereocenters. The van der Waals surface area contributed by atoms with Gasteiger partial charge in [0.05, 0.1) is 7.11 Å². The molecule has 0 radical (unpaired) electrons. The number of hydrogen-bond donors (Lipinski definition) is 1. The fourth-order valence-corrected chi connectivity index (χ4v) is 2.38. The molecule has 0 aromatic heterocycles. The number of rotatable bonds is 5. The van der Waals surface area contributed by atoms with Crippen molar-refractivity contribution >= 4 is 0 Å². The van der Waals surface area contributed by atoms with E-state index >= 15 is 0 Å². The molecule has 0 bridgehead atoms. The third kappa shape index (κ3) is 3.02. The molecule has 2 aromatic carbocycles. The maximum Gasteiger partial charge on any atom is 0.123 e. The van der Waals surface area contributed by atoms with Crippen LogP contribution in [0, 0.1) is 6.92 Å². The van der Waals surface area contributed by atoms with Crippen LogP contribution in [-0.4, -0.2) is 13.2 Å². The van der Waals surface area contributed by atoms with Crippen LogP contribution in [0.3, 0.4) is 0 Å². The van der Waals surface area contributed by atoms with E-state index in [1.165, 1.54) is 35.1 Å². The molecule has 0 atom stereocenters. The fraction of sp³-hybridized carbons (Fsp3) is 0.333. The van der Waals surface area contributed by atoms with Crippen LogP contribution in [0.25, 0.3) is 11.1 Å². The highest BCUT2D eigenvalue weighted by Crippen LogP contribution is 2.28. The molecule has 2 heteroatoms. The van der Waals surface area contributed by atoms with Crippen LogP contribution >= 0.6 is 0 Å².